The Bertz CT molecular complexity index is 1860. The molecule has 3 amide bonds. The average Bonchev–Trinajstić information content (AvgIpc) is 3.68. The third-order valence-corrected chi connectivity index (χ3v) is 10.0. The van der Waals surface area contributed by atoms with Crippen molar-refractivity contribution in [1.82, 2.24) is 20.5 Å². The largest absolute Gasteiger partial charge is 0.488 e. The number of ether oxygens (including phenoxy) is 2. The number of hydrogen-bond donors (Lipinski definition) is 3. The lowest BCUT2D eigenvalue weighted by Gasteiger charge is -2.29. The Labute approximate surface area is 298 Å². The van der Waals surface area contributed by atoms with E-state index in [9.17, 15) is 24.3 Å². The van der Waals surface area contributed by atoms with Crippen LogP contribution in [0.15, 0.2) is 73.3 Å². The summed E-state index contributed by atoms with van der Waals surface area (Å²) in [4.78, 5) is 60.1. The summed E-state index contributed by atoms with van der Waals surface area (Å²) in [5.41, 5.74) is 1.39. The Morgan fingerprint density at radius 1 is 1.16 bits per heavy atom. The molecular formula is C40H46N4O7. The highest BCUT2D eigenvalue weighted by Gasteiger charge is 2.61. The predicted molar refractivity (Wildman–Crippen MR) is 194 cm³/mol. The van der Waals surface area contributed by atoms with Gasteiger partial charge in [0, 0.05) is 34.8 Å². The smallest absolute Gasteiger partial charge is 0.407 e. The van der Waals surface area contributed by atoms with Crippen molar-refractivity contribution < 1.29 is 33.8 Å². The monoisotopic (exact) mass is 694 g/mol. The number of carboxylic acid groups (broad SMARTS) is 1. The molecule has 0 radical (unpaired) electrons. The molecular weight excluding hydrogens is 648 g/mol. The molecule has 2 fully saturated rings. The van der Waals surface area contributed by atoms with Gasteiger partial charge in [0.15, 0.2) is 0 Å². The molecule has 1 aromatic heterocycles. The number of allylic oxidation sites excluding steroid dienone is 1. The highest BCUT2D eigenvalue weighted by Crippen LogP contribution is 2.45. The molecule has 1 saturated carbocycles. The Morgan fingerprint density at radius 2 is 1.94 bits per heavy atom. The van der Waals surface area contributed by atoms with Gasteiger partial charge in [-0.3, -0.25) is 9.59 Å². The van der Waals surface area contributed by atoms with E-state index in [1.54, 1.807) is 0 Å². The molecule has 4 bridgehead atoms. The molecule has 1 saturated heterocycles. The molecule has 2 aromatic carbocycles. The van der Waals surface area contributed by atoms with Gasteiger partial charge >= 0.3 is 12.1 Å². The zero-order valence-electron chi connectivity index (χ0n) is 29.4. The minimum atomic E-state index is -1.48. The molecule has 51 heavy (non-hydrogen) atoms. The van der Waals surface area contributed by atoms with Gasteiger partial charge in [-0.25, -0.2) is 14.6 Å². The van der Waals surface area contributed by atoms with Gasteiger partial charge in [-0.05, 0) is 37.0 Å². The molecule has 1 unspecified atom stereocenters. The molecule has 1 aliphatic carbocycles. The number of fused-ring (bicyclic) bond motifs is 3. The number of carbonyl (C=O) groups excluding carboxylic acids is 3. The molecule has 0 spiro atoms. The van der Waals surface area contributed by atoms with Crippen molar-refractivity contribution in [2.24, 2.45) is 11.3 Å². The summed E-state index contributed by atoms with van der Waals surface area (Å²) in [6.07, 6.45) is 6.94. The Kier molecular flexibility index (Phi) is 10.2. The Morgan fingerprint density at radius 3 is 2.65 bits per heavy atom. The van der Waals surface area contributed by atoms with Gasteiger partial charge in [-0.2, -0.15) is 0 Å². The topological polar surface area (TPSA) is 147 Å². The van der Waals surface area contributed by atoms with E-state index in [4.69, 9.17) is 14.5 Å². The quantitative estimate of drug-likeness (QED) is 0.239. The first kappa shape index (κ1) is 35.6. The van der Waals surface area contributed by atoms with Crippen LogP contribution in [0, 0.1) is 11.3 Å². The van der Waals surface area contributed by atoms with Crippen LogP contribution in [0.3, 0.4) is 0 Å². The molecule has 2 aliphatic heterocycles. The minimum Gasteiger partial charge on any atom is -0.488 e. The first-order valence-corrected chi connectivity index (χ1v) is 17.7. The zero-order valence-corrected chi connectivity index (χ0v) is 29.4. The second kappa shape index (κ2) is 14.6. The summed E-state index contributed by atoms with van der Waals surface area (Å²) in [6.45, 7) is 9.87. The Hall–Kier alpha value is -5.19. The predicted octanol–water partition coefficient (Wildman–Crippen LogP) is 6.12. The molecule has 3 heterocycles. The van der Waals surface area contributed by atoms with Gasteiger partial charge in [-0.1, -0.05) is 88.2 Å². The molecule has 11 nitrogen and oxygen atoms in total. The van der Waals surface area contributed by atoms with Crippen molar-refractivity contribution >= 4 is 40.9 Å². The fourth-order valence-corrected chi connectivity index (χ4v) is 6.93. The van der Waals surface area contributed by atoms with Gasteiger partial charge in [0.25, 0.3) is 0 Å². The third kappa shape index (κ3) is 7.77. The van der Waals surface area contributed by atoms with E-state index in [0.29, 0.717) is 30.7 Å². The number of nitrogens with zero attached hydrogens (tertiary/aromatic N) is 2. The lowest BCUT2D eigenvalue weighted by Crippen LogP contribution is -2.56. The molecule has 6 rings (SSSR count). The van der Waals surface area contributed by atoms with Gasteiger partial charge in [0.2, 0.25) is 11.8 Å². The summed E-state index contributed by atoms with van der Waals surface area (Å²) < 4.78 is 12.4. The molecule has 3 N–H and O–H groups in total. The molecule has 268 valence electrons. The number of carboxylic acids is 1. The van der Waals surface area contributed by atoms with Crippen molar-refractivity contribution in [3.63, 3.8) is 0 Å². The van der Waals surface area contributed by atoms with Crippen LogP contribution >= 0.6 is 0 Å². The maximum atomic E-state index is 14.4. The third-order valence-electron chi connectivity index (χ3n) is 10.0. The lowest BCUT2D eigenvalue weighted by atomic mass is 9.90. The van der Waals surface area contributed by atoms with E-state index in [-0.39, 0.29) is 26.0 Å². The number of alkyl carbamates (subject to hydrolysis) is 1. The standard InChI is InChI=1S/C40H46N4O7/c1-5-7-15-31-36(46)44-23-28(20-33(44)35(45)43-40(37(47)48)22-27(40)6-2)51-34-21-32(26-13-9-8-10-14-26)41-30-17-16-25(19-29(30)34)12-11-18-39(3,4)24-50-38(49)42-31/h6,8-14,16-17,19,21,27-28,31,33H,2,5,7,15,18,20,22-24H2,1,3-4H3,(H,42,49)(H,43,45)(H,47,48)/b12-11-/t27?,28-,31+,33+,40-/m1/s1. The second-order valence-corrected chi connectivity index (χ2v) is 14.6. The molecule has 5 atom stereocenters. The molecule has 3 aromatic rings. The summed E-state index contributed by atoms with van der Waals surface area (Å²) in [5.74, 6) is -2.09. The summed E-state index contributed by atoms with van der Waals surface area (Å²) in [7, 11) is 0. The fraction of sp³-hybridized carbons (Fsp3) is 0.425. The number of benzene rings is 2. The van der Waals surface area contributed by atoms with Gasteiger partial charge in [0.05, 0.1) is 24.4 Å². The van der Waals surface area contributed by atoms with Crippen LogP contribution in [0.1, 0.15) is 64.9 Å². The van der Waals surface area contributed by atoms with Crippen LogP contribution in [-0.4, -0.2) is 75.7 Å². The number of nitrogens with one attached hydrogen (secondary N) is 2. The van der Waals surface area contributed by atoms with Crippen molar-refractivity contribution in [1.29, 1.82) is 0 Å². The number of rotatable bonds is 8. The van der Waals surface area contributed by atoms with Crippen LogP contribution in [0.25, 0.3) is 28.2 Å². The van der Waals surface area contributed by atoms with E-state index in [0.717, 1.165) is 28.5 Å². The summed E-state index contributed by atoms with van der Waals surface area (Å²) >= 11 is 0. The second-order valence-electron chi connectivity index (χ2n) is 14.6. The maximum Gasteiger partial charge on any atom is 0.407 e. The van der Waals surface area contributed by atoms with Crippen molar-refractivity contribution in [2.45, 2.75) is 83.0 Å². The van der Waals surface area contributed by atoms with Gasteiger partial charge in [-0.15, -0.1) is 6.58 Å². The number of cyclic esters (lactones) is 1. The van der Waals surface area contributed by atoms with Crippen LogP contribution < -0.4 is 15.4 Å². The number of aliphatic carboxylic acids is 1. The number of pyridine rings is 1. The van der Waals surface area contributed by atoms with Crippen LogP contribution in [0.2, 0.25) is 0 Å². The van der Waals surface area contributed by atoms with Crippen LogP contribution in [0.4, 0.5) is 4.79 Å². The van der Waals surface area contributed by atoms with Crippen molar-refractivity contribution in [2.75, 3.05) is 13.2 Å². The lowest BCUT2D eigenvalue weighted by molar-refractivity contribution is -0.145. The van der Waals surface area contributed by atoms with Crippen molar-refractivity contribution in [3.05, 3.63) is 78.9 Å². The zero-order chi connectivity index (χ0) is 36.3. The number of hydrogen-bond acceptors (Lipinski definition) is 7. The van der Waals surface area contributed by atoms with Crippen LogP contribution in [0.5, 0.6) is 5.75 Å². The van der Waals surface area contributed by atoms with E-state index in [1.807, 2.05) is 87.5 Å². The van der Waals surface area contributed by atoms with E-state index < -0.39 is 58.9 Å². The van der Waals surface area contributed by atoms with Gasteiger partial charge < -0.3 is 30.1 Å². The summed E-state index contributed by atoms with van der Waals surface area (Å²) in [6, 6.07) is 15.6. The average molecular weight is 695 g/mol. The van der Waals surface area contributed by atoms with Gasteiger partial charge in [0.1, 0.15) is 29.5 Å². The van der Waals surface area contributed by atoms with Crippen molar-refractivity contribution in [3.8, 4) is 17.0 Å². The number of amides is 3. The van der Waals surface area contributed by atoms with E-state index in [2.05, 4.69) is 17.2 Å². The number of unbranched alkanes of at least 4 members (excludes halogenated alkanes) is 1. The molecule has 11 heteroatoms. The first-order valence-electron chi connectivity index (χ1n) is 17.7. The SMILES string of the molecule is C=CC1C[C@]1(NC(=O)[C@@H]1C[C@@H]2CN1C(=O)[C@H](CCCC)NC(=O)OCC(C)(C)C/C=C\c1ccc3nc(-c4ccccc4)cc(c3c1)O2)C(=O)O. The minimum absolute atomic E-state index is 0.0400. The number of aromatic nitrogens is 1. The van der Waals surface area contributed by atoms with Crippen LogP contribution in [-0.2, 0) is 19.1 Å². The first-order chi connectivity index (χ1) is 24.4. The highest BCUT2D eigenvalue weighted by molar-refractivity contribution is 5.96. The summed E-state index contributed by atoms with van der Waals surface area (Å²) in [5, 5.41) is 16.3. The highest BCUT2D eigenvalue weighted by atomic mass is 16.5. The molecule has 3 aliphatic rings. The van der Waals surface area contributed by atoms with E-state index in [1.165, 1.54) is 11.0 Å². The maximum absolute atomic E-state index is 14.4. The number of carbonyl (C=O) groups is 4. The van der Waals surface area contributed by atoms with E-state index >= 15 is 0 Å². The fourth-order valence-electron chi connectivity index (χ4n) is 6.93. The normalized spacial score (nSPS) is 26.6. The Balaban J connectivity index is 1.42.